The average molecular weight is 454 g/mol. The number of benzene rings is 1. The van der Waals surface area contributed by atoms with Gasteiger partial charge in [0.05, 0.1) is 25.2 Å². The smallest absolute Gasteiger partial charge is 0.231 e. The van der Waals surface area contributed by atoms with Crippen molar-refractivity contribution in [3.05, 3.63) is 69.2 Å². The predicted octanol–water partition coefficient (Wildman–Crippen LogP) is 6.14. The number of nitrogens with zero attached hydrogens (tertiary/aromatic N) is 1. The van der Waals surface area contributed by atoms with Crippen molar-refractivity contribution in [3.63, 3.8) is 0 Å². The van der Waals surface area contributed by atoms with Gasteiger partial charge in [-0.15, -0.1) is 11.3 Å². The molecular weight excluding hydrogens is 418 g/mol. The molecule has 1 heterocycles. The number of hydrogen-bond acceptors (Lipinski definition) is 4. The minimum absolute atomic E-state index is 0.0444. The van der Waals surface area contributed by atoms with Crippen molar-refractivity contribution in [2.24, 2.45) is 5.92 Å². The third-order valence-electron chi connectivity index (χ3n) is 6.88. The highest BCUT2D eigenvalue weighted by Crippen LogP contribution is 2.42. The van der Waals surface area contributed by atoms with Crippen LogP contribution in [0.15, 0.2) is 41.8 Å². The van der Waals surface area contributed by atoms with Gasteiger partial charge in [-0.3, -0.25) is 4.79 Å². The molecule has 1 saturated carbocycles. The topological polar surface area (TPSA) is 50.9 Å². The summed E-state index contributed by atoms with van der Waals surface area (Å²) in [5.41, 5.74) is 1.50. The lowest BCUT2D eigenvalue weighted by molar-refractivity contribution is -0.123. The van der Waals surface area contributed by atoms with Crippen LogP contribution in [0.2, 0.25) is 0 Å². The molecule has 0 spiro atoms. The molecule has 0 saturated heterocycles. The summed E-state index contributed by atoms with van der Waals surface area (Å²) in [6.07, 6.45) is 3.66. The van der Waals surface area contributed by atoms with Crippen molar-refractivity contribution in [2.45, 2.75) is 83.0 Å². The first-order valence-electron chi connectivity index (χ1n) is 11.7. The highest BCUT2D eigenvalue weighted by molar-refractivity contribution is 7.09. The number of aliphatic hydroxyl groups excluding tert-OH is 1. The van der Waals surface area contributed by atoms with Crippen LogP contribution in [-0.4, -0.2) is 29.6 Å². The van der Waals surface area contributed by atoms with Gasteiger partial charge in [-0.25, -0.2) is 6.57 Å². The molecule has 4 atom stereocenters. The van der Waals surface area contributed by atoms with Crippen LogP contribution in [0.4, 0.5) is 0 Å². The predicted molar refractivity (Wildman–Crippen MR) is 130 cm³/mol. The number of aliphatic hydroxyl groups is 1. The van der Waals surface area contributed by atoms with Crippen LogP contribution in [0.3, 0.4) is 0 Å². The van der Waals surface area contributed by atoms with Gasteiger partial charge in [-0.05, 0) is 42.8 Å². The number of carbonyl (C=O) groups is 1. The Balaban J connectivity index is 1.71. The molecule has 172 valence electrons. The number of ketones is 1. The van der Waals surface area contributed by atoms with E-state index in [4.69, 9.17) is 11.3 Å². The lowest BCUT2D eigenvalue weighted by atomic mass is 9.77. The summed E-state index contributed by atoms with van der Waals surface area (Å²) in [6, 6.07) is 11.9. The summed E-state index contributed by atoms with van der Waals surface area (Å²) in [7, 11) is 0. The Bertz CT molecular complexity index is 898. The molecule has 1 fully saturated rings. The van der Waals surface area contributed by atoms with E-state index in [0.29, 0.717) is 26.1 Å². The minimum Gasteiger partial charge on any atom is -0.392 e. The van der Waals surface area contributed by atoms with Crippen LogP contribution in [0, 0.1) is 12.5 Å². The fraction of sp³-hybridized carbons (Fsp3) is 0.556. The highest BCUT2D eigenvalue weighted by atomic mass is 32.1. The SMILES string of the molecule is [C-]#[N+][C@@H]1C[C@@H](O)C(c2ccc(C(C)(C)C(=O)CCCCC)cc2)C1COCc1cccs1. The van der Waals surface area contributed by atoms with Gasteiger partial charge in [0.2, 0.25) is 6.04 Å². The first kappa shape index (κ1) is 24.6. The Hall–Kier alpha value is -2.00. The molecule has 5 heteroatoms. The molecule has 4 nitrogen and oxygen atoms in total. The van der Waals surface area contributed by atoms with Gasteiger partial charge in [0.15, 0.2) is 0 Å². The van der Waals surface area contributed by atoms with E-state index in [1.807, 2.05) is 55.6 Å². The van der Waals surface area contributed by atoms with E-state index in [1.165, 1.54) is 0 Å². The summed E-state index contributed by atoms with van der Waals surface area (Å²) in [6.45, 7) is 14.7. The van der Waals surface area contributed by atoms with Crippen LogP contribution in [-0.2, 0) is 21.6 Å². The standard InChI is InChI=1S/C27H35NO3S/c1-5-6-7-10-25(30)27(2,3)20-13-11-19(12-14-20)26-22(23(28-4)16-24(26)29)18-31-17-21-9-8-15-32-21/h8-9,11-15,22-24,26,29H,5-7,10,16-18H2,1-3H3/t22?,23-,24-,26?/m1/s1. The van der Waals surface area contributed by atoms with Crippen molar-refractivity contribution < 1.29 is 14.6 Å². The number of rotatable bonds is 11. The molecule has 0 bridgehead atoms. The third-order valence-corrected chi connectivity index (χ3v) is 7.73. The first-order valence-corrected chi connectivity index (χ1v) is 12.5. The monoisotopic (exact) mass is 453 g/mol. The van der Waals surface area contributed by atoms with E-state index in [0.717, 1.165) is 35.3 Å². The van der Waals surface area contributed by atoms with Crippen molar-refractivity contribution in [3.8, 4) is 0 Å². The van der Waals surface area contributed by atoms with Gasteiger partial charge in [0.1, 0.15) is 5.78 Å². The molecule has 1 aromatic carbocycles. The van der Waals surface area contributed by atoms with Crippen molar-refractivity contribution in [1.29, 1.82) is 0 Å². The number of thiophene rings is 1. The molecule has 0 amide bonds. The lowest BCUT2D eigenvalue weighted by Gasteiger charge is -2.26. The Morgan fingerprint density at radius 2 is 2.00 bits per heavy atom. The molecule has 0 radical (unpaired) electrons. The summed E-state index contributed by atoms with van der Waals surface area (Å²) in [5.74, 6) is 0.0966. The van der Waals surface area contributed by atoms with Crippen molar-refractivity contribution in [2.75, 3.05) is 6.61 Å². The molecule has 1 aromatic heterocycles. The Morgan fingerprint density at radius 1 is 1.25 bits per heavy atom. The number of unbranched alkanes of at least 4 members (excludes halogenated alkanes) is 2. The molecule has 2 aromatic rings. The number of ether oxygens (including phenoxy) is 1. The second-order valence-corrected chi connectivity index (χ2v) is 10.4. The minimum atomic E-state index is -0.557. The fourth-order valence-corrected chi connectivity index (χ4v) is 5.39. The van der Waals surface area contributed by atoms with Gasteiger partial charge < -0.3 is 14.7 Å². The van der Waals surface area contributed by atoms with Crippen molar-refractivity contribution >= 4 is 17.1 Å². The lowest BCUT2D eigenvalue weighted by Crippen LogP contribution is -2.29. The zero-order valence-electron chi connectivity index (χ0n) is 19.4. The zero-order valence-corrected chi connectivity index (χ0v) is 20.2. The summed E-state index contributed by atoms with van der Waals surface area (Å²) >= 11 is 1.66. The number of Topliss-reactive ketones (excluding diaryl/α,β-unsaturated/α-hetero) is 1. The van der Waals surface area contributed by atoms with Gasteiger partial charge in [-0.1, -0.05) is 50.1 Å². The Kier molecular flexibility index (Phi) is 8.64. The van der Waals surface area contributed by atoms with Gasteiger partial charge in [0.25, 0.3) is 0 Å². The van der Waals surface area contributed by atoms with E-state index in [2.05, 4.69) is 11.8 Å². The van der Waals surface area contributed by atoms with Gasteiger partial charge in [-0.2, -0.15) is 0 Å². The van der Waals surface area contributed by atoms with E-state index < -0.39 is 11.5 Å². The normalized spacial score (nSPS) is 23.2. The summed E-state index contributed by atoms with van der Waals surface area (Å²) in [4.78, 5) is 17.7. The second-order valence-electron chi connectivity index (χ2n) is 9.41. The zero-order chi connectivity index (χ0) is 23.1. The maximum Gasteiger partial charge on any atom is 0.231 e. The van der Waals surface area contributed by atoms with E-state index in [1.54, 1.807) is 11.3 Å². The third kappa shape index (κ3) is 5.67. The molecule has 1 aliphatic rings. The molecule has 1 N–H and O–H groups in total. The van der Waals surface area contributed by atoms with E-state index in [-0.39, 0.29) is 23.7 Å². The van der Waals surface area contributed by atoms with Crippen molar-refractivity contribution in [1.82, 2.24) is 0 Å². The second kappa shape index (κ2) is 11.2. The van der Waals surface area contributed by atoms with E-state index in [9.17, 15) is 9.90 Å². The number of carbonyl (C=O) groups excluding carboxylic acids is 1. The maximum absolute atomic E-state index is 12.8. The van der Waals surface area contributed by atoms with Gasteiger partial charge >= 0.3 is 0 Å². The molecule has 1 aliphatic carbocycles. The van der Waals surface area contributed by atoms with Crippen LogP contribution in [0.1, 0.15) is 74.8 Å². The van der Waals surface area contributed by atoms with Gasteiger partial charge in [0, 0.05) is 29.1 Å². The van der Waals surface area contributed by atoms with Crippen LogP contribution < -0.4 is 0 Å². The molecule has 0 aliphatic heterocycles. The fourth-order valence-electron chi connectivity index (χ4n) is 4.75. The van der Waals surface area contributed by atoms with Crippen LogP contribution in [0.5, 0.6) is 0 Å². The first-order chi connectivity index (χ1) is 15.4. The molecule has 32 heavy (non-hydrogen) atoms. The molecular formula is C27H35NO3S. The van der Waals surface area contributed by atoms with Crippen LogP contribution >= 0.6 is 11.3 Å². The van der Waals surface area contributed by atoms with E-state index >= 15 is 0 Å². The Morgan fingerprint density at radius 3 is 2.62 bits per heavy atom. The highest BCUT2D eigenvalue weighted by Gasteiger charge is 2.47. The largest absolute Gasteiger partial charge is 0.392 e. The number of hydrogen-bond donors (Lipinski definition) is 1. The molecule has 2 unspecified atom stereocenters. The maximum atomic E-state index is 12.8. The average Bonchev–Trinajstić information content (AvgIpc) is 3.41. The Labute approximate surface area is 196 Å². The van der Waals surface area contributed by atoms with Crippen LogP contribution in [0.25, 0.3) is 4.85 Å². The summed E-state index contributed by atoms with van der Waals surface area (Å²) in [5, 5.41) is 12.8. The summed E-state index contributed by atoms with van der Waals surface area (Å²) < 4.78 is 5.96. The molecule has 3 rings (SSSR count). The quantitative estimate of drug-likeness (QED) is 0.328.